The first-order chi connectivity index (χ1) is 9.06. The number of hydrogen-bond acceptors (Lipinski definition) is 3. The second-order valence-electron chi connectivity index (χ2n) is 4.86. The summed E-state index contributed by atoms with van der Waals surface area (Å²) in [5.41, 5.74) is 1.69. The summed E-state index contributed by atoms with van der Waals surface area (Å²) in [4.78, 5) is 24.3. The Bertz CT molecular complexity index is 466. The van der Waals surface area contributed by atoms with Crippen LogP contribution in [0, 0.1) is 6.92 Å². The van der Waals surface area contributed by atoms with Crippen molar-refractivity contribution in [1.82, 2.24) is 5.32 Å². The Morgan fingerprint density at radius 1 is 1.32 bits per heavy atom. The van der Waals surface area contributed by atoms with Crippen molar-refractivity contribution < 1.29 is 14.7 Å². The summed E-state index contributed by atoms with van der Waals surface area (Å²) in [6.07, 6.45) is 2.19. The fraction of sp³-hybridized carbons (Fsp3) is 0.429. The largest absolute Gasteiger partial charge is 0.480 e. The number of nitrogens with zero attached hydrogens (tertiary/aromatic N) is 1. The third kappa shape index (κ3) is 4.06. The number of aryl methyl sites for hydroxylation is 1. The van der Waals surface area contributed by atoms with E-state index >= 15 is 0 Å². The summed E-state index contributed by atoms with van der Waals surface area (Å²) in [6.45, 7) is 1.82. The molecule has 2 N–H and O–H groups in total. The summed E-state index contributed by atoms with van der Waals surface area (Å²) in [5.74, 6) is -1.22. The van der Waals surface area contributed by atoms with Gasteiger partial charge in [-0.3, -0.25) is 9.59 Å². The van der Waals surface area contributed by atoms with Crippen molar-refractivity contribution >= 4 is 17.6 Å². The van der Waals surface area contributed by atoms with Crippen LogP contribution in [-0.4, -0.2) is 36.1 Å². The van der Waals surface area contributed by atoms with Gasteiger partial charge < -0.3 is 15.3 Å². The summed E-state index contributed by atoms with van der Waals surface area (Å²) >= 11 is 0. The quantitative estimate of drug-likeness (QED) is 0.807. The number of carboxylic acid groups (broad SMARTS) is 1. The molecule has 1 saturated carbocycles. The molecule has 0 heterocycles. The Morgan fingerprint density at radius 2 is 1.95 bits per heavy atom. The molecule has 0 saturated heterocycles. The summed E-state index contributed by atoms with van der Waals surface area (Å²) in [7, 11) is 0. The lowest BCUT2D eigenvalue weighted by molar-refractivity contribution is -0.136. The van der Waals surface area contributed by atoms with Gasteiger partial charge >= 0.3 is 5.97 Å². The van der Waals surface area contributed by atoms with Crippen molar-refractivity contribution in [2.75, 3.05) is 18.0 Å². The van der Waals surface area contributed by atoms with Crippen LogP contribution in [-0.2, 0) is 9.59 Å². The molecule has 0 radical (unpaired) electrons. The molecule has 0 aromatic heterocycles. The third-order valence-electron chi connectivity index (χ3n) is 3.06. The molecule has 1 fully saturated rings. The maximum absolute atomic E-state index is 12.1. The molecular formula is C14H18N2O3. The second kappa shape index (κ2) is 5.84. The van der Waals surface area contributed by atoms with Crippen molar-refractivity contribution in [2.24, 2.45) is 0 Å². The summed E-state index contributed by atoms with van der Waals surface area (Å²) < 4.78 is 0. The highest BCUT2D eigenvalue weighted by molar-refractivity contribution is 5.98. The Hall–Kier alpha value is -1.88. The first-order valence-corrected chi connectivity index (χ1v) is 6.38. The third-order valence-corrected chi connectivity index (χ3v) is 3.06. The molecule has 102 valence electrons. The van der Waals surface area contributed by atoms with Gasteiger partial charge in [-0.25, -0.2) is 0 Å². The van der Waals surface area contributed by atoms with Crippen molar-refractivity contribution in [3.8, 4) is 0 Å². The minimum atomic E-state index is -1.01. The normalized spacial score (nSPS) is 14.2. The van der Waals surface area contributed by atoms with E-state index < -0.39 is 5.97 Å². The topological polar surface area (TPSA) is 69.6 Å². The minimum absolute atomic E-state index is 0.186. The van der Waals surface area contributed by atoms with E-state index in [1.807, 2.05) is 19.1 Å². The molecule has 19 heavy (non-hydrogen) atoms. The van der Waals surface area contributed by atoms with Crippen LogP contribution in [0.5, 0.6) is 0 Å². The molecular weight excluding hydrogens is 244 g/mol. The number of anilines is 1. The van der Waals surface area contributed by atoms with Gasteiger partial charge in [-0.15, -0.1) is 0 Å². The number of carbonyl (C=O) groups is 2. The fourth-order valence-electron chi connectivity index (χ4n) is 1.80. The molecule has 5 nitrogen and oxygen atoms in total. The van der Waals surface area contributed by atoms with Crippen LogP contribution in [0.2, 0.25) is 0 Å². The number of benzene rings is 1. The molecule has 1 amide bonds. The van der Waals surface area contributed by atoms with E-state index in [9.17, 15) is 9.59 Å². The zero-order valence-electron chi connectivity index (χ0n) is 10.9. The molecule has 1 aromatic rings. The molecule has 0 bridgehead atoms. The predicted octanol–water partition coefficient (Wildman–Crippen LogP) is 1.16. The van der Waals surface area contributed by atoms with Gasteiger partial charge in [0.25, 0.3) is 0 Å². The monoisotopic (exact) mass is 262 g/mol. The van der Waals surface area contributed by atoms with Gasteiger partial charge in [0.1, 0.15) is 6.54 Å². The van der Waals surface area contributed by atoms with E-state index in [1.165, 1.54) is 4.90 Å². The Balaban J connectivity index is 2.06. The lowest BCUT2D eigenvalue weighted by Crippen LogP contribution is -2.41. The Labute approximate surface area is 112 Å². The SMILES string of the molecule is Cc1ccc(N(CC(=O)O)C(=O)CNC2CC2)cc1. The average Bonchev–Trinajstić information content (AvgIpc) is 3.18. The van der Waals surface area contributed by atoms with E-state index in [0.717, 1.165) is 18.4 Å². The molecule has 0 aliphatic heterocycles. The Morgan fingerprint density at radius 3 is 2.47 bits per heavy atom. The average molecular weight is 262 g/mol. The maximum atomic E-state index is 12.1. The van der Waals surface area contributed by atoms with E-state index in [4.69, 9.17) is 5.11 Å². The van der Waals surface area contributed by atoms with Crippen LogP contribution in [0.4, 0.5) is 5.69 Å². The highest BCUT2D eigenvalue weighted by atomic mass is 16.4. The van der Waals surface area contributed by atoms with Gasteiger partial charge in [0, 0.05) is 11.7 Å². The highest BCUT2D eigenvalue weighted by Gasteiger charge is 2.24. The molecule has 2 rings (SSSR count). The van der Waals surface area contributed by atoms with Crippen LogP contribution in [0.3, 0.4) is 0 Å². The van der Waals surface area contributed by atoms with Crippen molar-refractivity contribution in [2.45, 2.75) is 25.8 Å². The van der Waals surface area contributed by atoms with Crippen molar-refractivity contribution in [1.29, 1.82) is 0 Å². The standard InChI is InChI=1S/C14H18N2O3/c1-10-2-6-12(7-3-10)16(9-14(18)19)13(17)8-15-11-4-5-11/h2-3,6-7,11,15H,4-5,8-9H2,1H3,(H,18,19). The van der Waals surface area contributed by atoms with Crippen LogP contribution in [0.1, 0.15) is 18.4 Å². The van der Waals surface area contributed by atoms with Crippen LogP contribution in [0.15, 0.2) is 24.3 Å². The van der Waals surface area contributed by atoms with E-state index in [2.05, 4.69) is 5.32 Å². The molecule has 0 atom stereocenters. The van der Waals surface area contributed by atoms with Crippen molar-refractivity contribution in [3.63, 3.8) is 0 Å². The van der Waals surface area contributed by atoms with Gasteiger partial charge in [-0.1, -0.05) is 17.7 Å². The van der Waals surface area contributed by atoms with Crippen LogP contribution < -0.4 is 10.2 Å². The first-order valence-electron chi connectivity index (χ1n) is 6.38. The molecule has 1 aliphatic carbocycles. The first kappa shape index (κ1) is 13.5. The summed E-state index contributed by atoms with van der Waals surface area (Å²) in [5, 5.41) is 12.0. The summed E-state index contributed by atoms with van der Waals surface area (Å²) in [6, 6.07) is 7.70. The molecule has 5 heteroatoms. The van der Waals surface area contributed by atoms with E-state index in [0.29, 0.717) is 11.7 Å². The van der Waals surface area contributed by atoms with Gasteiger partial charge in [-0.2, -0.15) is 0 Å². The zero-order valence-corrected chi connectivity index (χ0v) is 10.9. The number of nitrogens with one attached hydrogen (secondary N) is 1. The van der Waals surface area contributed by atoms with Crippen molar-refractivity contribution in [3.05, 3.63) is 29.8 Å². The van der Waals surface area contributed by atoms with Crippen LogP contribution >= 0.6 is 0 Å². The number of amides is 1. The lowest BCUT2D eigenvalue weighted by atomic mass is 10.2. The van der Waals surface area contributed by atoms with Gasteiger partial charge in [0.2, 0.25) is 5.91 Å². The molecule has 1 aromatic carbocycles. The van der Waals surface area contributed by atoms with Gasteiger partial charge in [0.05, 0.1) is 6.54 Å². The van der Waals surface area contributed by atoms with Crippen LogP contribution in [0.25, 0.3) is 0 Å². The minimum Gasteiger partial charge on any atom is -0.480 e. The fourth-order valence-corrected chi connectivity index (χ4v) is 1.80. The number of carbonyl (C=O) groups excluding carboxylic acids is 1. The maximum Gasteiger partial charge on any atom is 0.323 e. The van der Waals surface area contributed by atoms with E-state index in [-0.39, 0.29) is 19.0 Å². The highest BCUT2D eigenvalue weighted by Crippen LogP contribution is 2.19. The number of rotatable bonds is 6. The number of aliphatic carboxylic acids is 1. The second-order valence-corrected chi connectivity index (χ2v) is 4.86. The number of hydrogen-bond donors (Lipinski definition) is 2. The smallest absolute Gasteiger partial charge is 0.323 e. The zero-order chi connectivity index (χ0) is 13.8. The molecule has 0 unspecified atom stereocenters. The molecule has 0 spiro atoms. The predicted molar refractivity (Wildman–Crippen MR) is 72.2 cm³/mol. The lowest BCUT2D eigenvalue weighted by Gasteiger charge is -2.21. The molecule has 1 aliphatic rings. The number of carboxylic acids is 1. The van der Waals surface area contributed by atoms with Gasteiger partial charge in [-0.05, 0) is 31.9 Å². The Kier molecular flexibility index (Phi) is 4.16. The van der Waals surface area contributed by atoms with E-state index in [1.54, 1.807) is 12.1 Å². The van der Waals surface area contributed by atoms with Gasteiger partial charge in [0.15, 0.2) is 0 Å².